The summed E-state index contributed by atoms with van der Waals surface area (Å²) in [6.45, 7) is 4.26. The maximum atomic E-state index is 12.0. The zero-order valence-electron chi connectivity index (χ0n) is 15.7. The fraction of sp³-hybridized carbons (Fsp3) is 0.300. The van der Waals surface area contributed by atoms with E-state index in [1.54, 1.807) is 43.3 Å². The molecule has 2 rings (SSSR count). The van der Waals surface area contributed by atoms with E-state index in [-0.39, 0.29) is 18.9 Å². The van der Waals surface area contributed by atoms with Crippen molar-refractivity contribution in [1.82, 2.24) is 10.9 Å². The van der Waals surface area contributed by atoms with Gasteiger partial charge in [-0.1, -0.05) is 22.0 Å². The molecule has 0 bridgehead atoms. The molecule has 0 aliphatic carbocycles. The molecule has 1 unspecified atom stereocenters. The molecule has 0 spiro atoms. The largest absolute Gasteiger partial charge is 0.494 e. The molecule has 28 heavy (non-hydrogen) atoms. The number of carbonyl (C=O) groups excluding carboxylic acids is 2. The predicted molar refractivity (Wildman–Crippen MR) is 108 cm³/mol. The molecular weight excluding hydrogens is 428 g/mol. The molecule has 0 saturated carbocycles. The minimum absolute atomic E-state index is 0.0981. The Morgan fingerprint density at radius 1 is 1.00 bits per heavy atom. The fourth-order valence-corrected chi connectivity index (χ4v) is 2.53. The Hall–Kier alpha value is -2.74. The third kappa shape index (κ3) is 7.48. The van der Waals surface area contributed by atoms with Crippen LogP contribution in [0.5, 0.6) is 17.2 Å². The van der Waals surface area contributed by atoms with Crippen molar-refractivity contribution >= 4 is 27.7 Å². The van der Waals surface area contributed by atoms with Crippen LogP contribution in [-0.2, 0) is 9.59 Å². The SMILES string of the molecule is CCOc1ccc(OC(C)C(=O)NNC(=O)CCOc2cccc(Br)c2)cc1. The van der Waals surface area contributed by atoms with Crippen LogP contribution >= 0.6 is 15.9 Å². The number of benzene rings is 2. The zero-order valence-corrected chi connectivity index (χ0v) is 17.3. The van der Waals surface area contributed by atoms with Crippen LogP contribution in [0.1, 0.15) is 20.3 Å². The van der Waals surface area contributed by atoms with E-state index in [0.717, 1.165) is 10.2 Å². The second-order valence-electron chi connectivity index (χ2n) is 5.76. The molecule has 0 heterocycles. The van der Waals surface area contributed by atoms with Gasteiger partial charge < -0.3 is 14.2 Å². The molecule has 7 nitrogen and oxygen atoms in total. The topological polar surface area (TPSA) is 85.9 Å². The van der Waals surface area contributed by atoms with Gasteiger partial charge in [-0.05, 0) is 56.3 Å². The lowest BCUT2D eigenvalue weighted by atomic mass is 10.3. The number of ether oxygens (including phenoxy) is 3. The lowest BCUT2D eigenvalue weighted by Gasteiger charge is -2.15. The van der Waals surface area contributed by atoms with Crippen molar-refractivity contribution in [3.63, 3.8) is 0 Å². The molecule has 0 aliphatic heterocycles. The van der Waals surface area contributed by atoms with Crippen molar-refractivity contribution in [3.05, 3.63) is 53.0 Å². The molecule has 2 N–H and O–H groups in total. The van der Waals surface area contributed by atoms with E-state index in [1.165, 1.54) is 0 Å². The highest BCUT2D eigenvalue weighted by atomic mass is 79.9. The van der Waals surface area contributed by atoms with Crippen LogP contribution in [-0.4, -0.2) is 31.1 Å². The van der Waals surface area contributed by atoms with E-state index < -0.39 is 12.0 Å². The molecule has 0 aromatic heterocycles. The molecule has 0 saturated heterocycles. The Bertz CT molecular complexity index is 782. The van der Waals surface area contributed by atoms with Crippen molar-refractivity contribution in [1.29, 1.82) is 0 Å². The number of amides is 2. The quantitative estimate of drug-likeness (QED) is 0.572. The van der Waals surface area contributed by atoms with Crippen molar-refractivity contribution in [2.45, 2.75) is 26.4 Å². The monoisotopic (exact) mass is 450 g/mol. The average molecular weight is 451 g/mol. The highest BCUT2D eigenvalue weighted by Crippen LogP contribution is 2.19. The summed E-state index contributed by atoms with van der Waals surface area (Å²) in [4.78, 5) is 23.9. The molecule has 8 heteroatoms. The van der Waals surface area contributed by atoms with Gasteiger partial charge in [-0.3, -0.25) is 20.4 Å². The summed E-state index contributed by atoms with van der Waals surface area (Å²) in [5, 5.41) is 0. The summed E-state index contributed by atoms with van der Waals surface area (Å²) in [5.74, 6) is 1.08. The normalized spacial score (nSPS) is 11.2. The summed E-state index contributed by atoms with van der Waals surface area (Å²) < 4.78 is 17.3. The molecule has 2 aromatic carbocycles. The highest BCUT2D eigenvalue weighted by Gasteiger charge is 2.15. The van der Waals surface area contributed by atoms with Crippen LogP contribution in [0, 0.1) is 0 Å². The number of hydrazine groups is 1. The van der Waals surface area contributed by atoms with Crippen molar-refractivity contribution in [2.75, 3.05) is 13.2 Å². The van der Waals surface area contributed by atoms with E-state index >= 15 is 0 Å². The van der Waals surface area contributed by atoms with Gasteiger partial charge in [-0.15, -0.1) is 0 Å². The van der Waals surface area contributed by atoms with Gasteiger partial charge in [0.1, 0.15) is 17.2 Å². The van der Waals surface area contributed by atoms with Crippen molar-refractivity contribution < 1.29 is 23.8 Å². The number of hydrogen-bond donors (Lipinski definition) is 2. The maximum Gasteiger partial charge on any atom is 0.279 e. The van der Waals surface area contributed by atoms with Crippen LogP contribution < -0.4 is 25.1 Å². The van der Waals surface area contributed by atoms with Gasteiger partial charge in [0.25, 0.3) is 5.91 Å². The van der Waals surface area contributed by atoms with Gasteiger partial charge in [-0.25, -0.2) is 0 Å². The minimum atomic E-state index is -0.781. The van der Waals surface area contributed by atoms with Gasteiger partial charge in [0, 0.05) is 4.47 Å². The maximum absolute atomic E-state index is 12.0. The number of halogens is 1. The second-order valence-corrected chi connectivity index (χ2v) is 6.67. The summed E-state index contributed by atoms with van der Waals surface area (Å²) in [6, 6.07) is 14.3. The van der Waals surface area contributed by atoms with Crippen LogP contribution in [0.3, 0.4) is 0 Å². The van der Waals surface area contributed by atoms with E-state index in [9.17, 15) is 9.59 Å². The van der Waals surface area contributed by atoms with Gasteiger partial charge >= 0.3 is 0 Å². The molecule has 0 radical (unpaired) electrons. The molecule has 150 valence electrons. The third-order valence-corrected chi connectivity index (χ3v) is 4.03. The second kappa shape index (κ2) is 11.2. The van der Waals surface area contributed by atoms with Crippen molar-refractivity contribution in [3.8, 4) is 17.2 Å². The molecule has 0 fully saturated rings. The predicted octanol–water partition coefficient (Wildman–Crippen LogP) is 3.23. The highest BCUT2D eigenvalue weighted by molar-refractivity contribution is 9.10. The van der Waals surface area contributed by atoms with E-state index in [0.29, 0.717) is 18.1 Å². The van der Waals surface area contributed by atoms with Gasteiger partial charge in [-0.2, -0.15) is 0 Å². The summed E-state index contributed by atoms with van der Waals surface area (Å²) >= 11 is 3.35. The molecule has 2 aromatic rings. The molecule has 2 amide bonds. The summed E-state index contributed by atoms with van der Waals surface area (Å²) in [6.07, 6.45) is -0.683. The number of nitrogens with one attached hydrogen (secondary N) is 2. The van der Waals surface area contributed by atoms with E-state index in [4.69, 9.17) is 14.2 Å². The zero-order chi connectivity index (χ0) is 20.4. The first-order valence-electron chi connectivity index (χ1n) is 8.84. The smallest absolute Gasteiger partial charge is 0.279 e. The standard InChI is InChI=1S/C20H23BrN2O5/c1-3-26-16-7-9-17(10-8-16)28-14(2)20(25)23-22-19(24)11-12-27-18-6-4-5-15(21)13-18/h4-10,13-14H,3,11-12H2,1-2H3,(H,22,24)(H,23,25). The van der Waals surface area contributed by atoms with Crippen LogP contribution in [0.2, 0.25) is 0 Å². The van der Waals surface area contributed by atoms with Gasteiger partial charge in [0.15, 0.2) is 6.10 Å². The Labute approximate surface area is 172 Å². The third-order valence-electron chi connectivity index (χ3n) is 3.54. The van der Waals surface area contributed by atoms with Gasteiger partial charge in [0.2, 0.25) is 5.91 Å². The Morgan fingerprint density at radius 3 is 2.39 bits per heavy atom. The first kappa shape index (κ1) is 21.6. The fourth-order valence-electron chi connectivity index (χ4n) is 2.15. The van der Waals surface area contributed by atoms with E-state index in [1.807, 2.05) is 19.1 Å². The Morgan fingerprint density at radius 2 is 1.71 bits per heavy atom. The first-order chi connectivity index (χ1) is 13.5. The average Bonchev–Trinajstić information content (AvgIpc) is 2.68. The molecule has 0 aliphatic rings. The number of rotatable bonds is 9. The van der Waals surface area contributed by atoms with Crippen LogP contribution in [0.15, 0.2) is 53.0 Å². The molecular formula is C20H23BrN2O5. The molecule has 1 atom stereocenters. The van der Waals surface area contributed by atoms with Crippen molar-refractivity contribution in [2.24, 2.45) is 0 Å². The minimum Gasteiger partial charge on any atom is -0.494 e. The van der Waals surface area contributed by atoms with Crippen LogP contribution in [0.4, 0.5) is 0 Å². The first-order valence-corrected chi connectivity index (χ1v) is 9.64. The summed E-state index contributed by atoms with van der Waals surface area (Å²) in [5.41, 5.74) is 4.69. The van der Waals surface area contributed by atoms with Gasteiger partial charge in [0.05, 0.1) is 19.6 Å². The Kier molecular flexibility index (Phi) is 8.61. The van der Waals surface area contributed by atoms with E-state index in [2.05, 4.69) is 26.8 Å². The number of hydrogen-bond acceptors (Lipinski definition) is 5. The van der Waals surface area contributed by atoms with Crippen LogP contribution in [0.25, 0.3) is 0 Å². The Balaban J connectivity index is 1.67. The number of carbonyl (C=O) groups is 2. The summed E-state index contributed by atoms with van der Waals surface area (Å²) in [7, 11) is 0. The lowest BCUT2D eigenvalue weighted by Crippen LogP contribution is -2.47. The lowest BCUT2D eigenvalue weighted by molar-refractivity contribution is -0.132.